The fraction of sp³-hybridized carbons (Fsp3) is 0.278. The van der Waals surface area contributed by atoms with E-state index in [1.165, 1.54) is 0 Å². The summed E-state index contributed by atoms with van der Waals surface area (Å²) in [5.41, 5.74) is 2.88. The molecule has 1 amide bonds. The highest BCUT2D eigenvalue weighted by molar-refractivity contribution is 5.87. The summed E-state index contributed by atoms with van der Waals surface area (Å²) in [5.74, 6) is 0.134. The van der Waals surface area contributed by atoms with E-state index >= 15 is 0 Å². The molecule has 1 aliphatic heterocycles. The first-order chi connectivity index (χ1) is 11.8. The van der Waals surface area contributed by atoms with Gasteiger partial charge >= 0.3 is 0 Å². The number of H-pyrrole nitrogens is 1. The molecular formula is C18H19N5O. The molecule has 0 aromatic carbocycles. The zero-order valence-electron chi connectivity index (χ0n) is 13.3. The summed E-state index contributed by atoms with van der Waals surface area (Å²) in [6.07, 6.45) is 7.61. The zero-order valence-corrected chi connectivity index (χ0v) is 13.3. The second-order valence-corrected chi connectivity index (χ2v) is 5.98. The molecule has 3 aromatic heterocycles. The Morgan fingerprint density at radius 3 is 3.08 bits per heavy atom. The third kappa shape index (κ3) is 2.76. The number of hydrogen-bond acceptors (Lipinski definition) is 4. The molecule has 6 nitrogen and oxygen atoms in total. The van der Waals surface area contributed by atoms with Crippen molar-refractivity contribution >= 4 is 16.9 Å². The molecule has 1 aliphatic rings. The summed E-state index contributed by atoms with van der Waals surface area (Å²) in [5, 5.41) is 4.38. The van der Waals surface area contributed by atoms with Crippen molar-refractivity contribution in [2.75, 3.05) is 19.6 Å². The minimum atomic E-state index is 0.0308. The fourth-order valence-corrected chi connectivity index (χ4v) is 3.30. The summed E-state index contributed by atoms with van der Waals surface area (Å²) < 4.78 is 0. The van der Waals surface area contributed by atoms with Crippen molar-refractivity contribution in [2.24, 2.45) is 0 Å². The summed E-state index contributed by atoms with van der Waals surface area (Å²) in [6, 6.07) is 7.87. The summed E-state index contributed by atoms with van der Waals surface area (Å²) in [6.45, 7) is 2.28. The quantitative estimate of drug-likeness (QED) is 0.770. The normalized spacial score (nSPS) is 18.0. The molecule has 1 unspecified atom stereocenters. The number of carbonyl (C=O) groups is 1. The predicted molar refractivity (Wildman–Crippen MR) is 91.4 cm³/mol. The molecule has 1 atom stereocenters. The van der Waals surface area contributed by atoms with Gasteiger partial charge < -0.3 is 15.2 Å². The Morgan fingerprint density at radius 2 is 2.21 bits per heavy atom. The van der Waals surface area contributed by atoms with Crippen LogP contribution in [0.5, 0.6) is 0 Å². The lowest BCUT2D eigenvalue weighted by molar-refractivity contribution is -0.133. The first kappa shape index (κ1) is 14.8. The van der Waals surface area contributed by atoms with Crippen LogP contribution in [0.3, 0.4) is 0 Å². The summed E-state index contributed by atoms with van der Waals surface area (Å²) in [7, 11) is 0. The van der Waals surface area contributed by atoms with Crippen molar-refractivity contribution < 1.29 is 4.79 Å². The van der Waals surface area contributed by atoms with Crippen LogP contribution >= 0.6 is 0 Å². The Balaban J connectivity index is 1.58. The van der Waals surface area contributed by atoms with Crippen LogP contribution in [0.4, 0.5) is 0 Å². The van der Waals surface area contributed by atoms with Gasteiger partial charge in [0.25, 0.3) is 0 Å². The number of nitrogens with zero attached hydrogens (tertiary/aromatic N) is 3. The number of aromatic nitrogens is 3. The van der Waals surface area contributed by atoms with Crippen molar-refractivity contribution in [3.8, 4) is 0 Å². The maximum atomic E-state index is 12.9. The topological polar surface area (TPSA) is 73.9 Å². The van der Waals surface area contributed by atoms with Crippen LogP contribution in [-0.2, 0) is 11.2 Å². The molecule has 0 aliphatic carbocycles. The van der Waals surface area contributed by atoms with Gasteiger partial charge in [0.1, 0.15) is 5.65 Å². The van der Waals surface area contributed by atoms with E-state index in [1.807, 2.05) is 41.6 Å². The van der Waals surface area contributed by atoms with Crippen LogP contribution in [0.15, 0.2) is 49.1 Å². The molecule has 0 bridgehead atoms. The monoisotopic (exact) mass is 321 g/mol. The van der Waals surface area contributed by atoms with Crippen LogP contribution in [0.1, 0.15) is 17.2 Å². The van der Waals surface area contributed by atoms with Gasteiger partial charge in [-0.3, -0.25) is 9.78 Å². The number of aromatic amines is 1. The minimum absolute atomic E-state index is 0.0308. The number of fused-ring (bicyclic) bond motifs is 1. The predicted octanol–water partition coefficient (Wildman–Crippen LogP) is 1.67. The Kier molecular flexibility index (Phi) is 3.96. The van der Waals surface area contributed by atoms with Gasteiger partial charge in [0.2, 0.25) is 5.91 Å². The van der Waals surface area contributed by atoms with E-state index in [4.69, 9.17) is 0 Å². The van der Waals surface area contributed by atoms with Gasteiger partial charge in [-0.15, -0.1) is 0 Å². The van der Waals surface area contributed by atoms with E-state index in [1.54, 1.807) is 12.4 Å². The van der Waals surface area contributed by atoms with Gasteiger partial charge in [-0.1, -0.05) is 6.07 Å². The number of nitrogens with one attached hydrogen (secondary N) is 2. The Hall–Kier alpha value is -2.73. The number of piperazine rings is 1. The van der Waals surface area contributed by atoms with E-state index in [0.29, 0.717) is 13.0 Å². The lowest BCUT2D eigenvalue weighted by atomic mass is 10.0. The molecule has 4 heterocycles. The standard InChI is InChI=1S/C18H19N5O/c24-17(9-14-11-22-18-15(14)4-2-6-21-18)23-8-7-20-12-16(23)13-3-1-5-19-10-13/h1-6,10-11,16,20H,7-9,12H2,(H,21,22). The van der Waals surface area contributed by atoms with Gasteiger partial charge in [0.05, 0.1) is 12.5 Å². The average Bonchev–Trinajstić information content (AvgIpc) is 3.05. The van der Waals surface area contributed by atoms with Crippen LogP contribution in [0.25, 0.3) is 11.0 Å². The third-order valence-electron chi connectivity index (χ3n) is 4.51. The van der Waals surface area contributed by atoms with Crippen molar-refractivity contribution in [3.63, 3.8) is 0 Å². The average molecular weight is 321 g/mol. The van der Waals surface area contributed by atoms with Gasteiger partial charge in [-0.2, -0.15) is 0 Å². The number of pyridine rings is 2. The van der Waals surface area contributed by atoms with E-state index in [2.05, 4.69) is 20.3 Å². The molecule has 3 aromatic rings. The number of hydrogen-bond donors (Lipinski definition) is 2. The van der Waals surface area contributed by atoms with Gasteiger partial charge in [0, 0.05) is 49.8 Å². The first-order valence-electron chi connectivity index (χ1n) is 8.14. The van der Waals surface area contributed by atoms with E-state index < -0.39 is 0 Å². The molecule has 6 heteroatoms. The SMILES string of the molecule is O=C(Cc1c[nH]c2ncccc12)N1CCNCC1c1cccnc1. The van der Waals surface area contributed by atoms with Gasteiger partial charge in [0.15, 0.2) is 0 Å². The lowest BCUT2D eigenvalue weighted by Gasteiger charge is -2.36. The Bertz CT molecular complexity index is 845. The number of amides is 1. The second-order valence-electron chi connectivity index (χ2n) is 5.98. The third-order valence-corrected chi connectivity index (χ3v) is 4.51. The van der Waals surface area contributed by atoms with Crippen molar-refractivity contribution in [1.29, 1.82) is 0 Å². The van der Waals surface area contributed by atoms with Crippen LogP contribution in [0.2, 0.25) is 0 Å². The van der Waals surface area contributed by atoms with Gasteiger partial charge in [-0.05, 0) is 29.3 Å². The maximum absolute atomic E-state index is 12.9. The van der Waals surface area contributed by atoms with Crippen LogP contribution in [0, 0.1) is 0 Å². The van der Waals surface area contributed by atoms with E-state index in [0.717, 1.165) is 35.2 Å². The highest BCUT2D eigenvalue weighted by atomic mass is 16.2. The number of rotatable bonds is 3. The number of carbonyl (C=O) groups excluding carboxylic acids is 1. The highest BCUT2D eigenvalue weighted by Crippen LogP contribution is 2.24. The molecule has 1 saturated heterocycles. The van der Waals surface area contributed by atoms with E-state index in [9.17, 15) is 4.79 Å². The zero-order chi connectivity index (χ0) is 16.4. The lowest BCUT2D eigenvalue weighted by Crippen LogP contribution is -2.49. The summed E-state index contributed by atoms with van der Waals surface area (Å²) >= 11 is 0. The highest BCUT2D eigenvalue weighted by Gasteiger charge is 2.28. The molecule has 24 heavy (non-hydrogen) atoms. The molecule has 122 valence electrons. The van der Waals surface area contributed by atoms with Crippen molar-refractivity contribution in [1.82, 2.24) is 25.2 Å². The summed E-state index contributed by atoms with van der Waals surface area (Å²) in [4.78, 5) is 26.5. The van der Waals surface area contributed by atoms with Crippen molar-refractivity contribution in [3.05, 3.63) is 60.2 Å². The molecule has 0 radical (unpaired) electrons. The Morgan fingerprint density at radius 1 is 1.29 bits per heavy atom. The smallest absolute Gasteiger partial charge is 0.227 e. The first-order valence-corrected chi connectivity index (χ1v) is 8.14. The Labute approximate surface area is 139 Å². The van der Waals surface area contributed by atoms with Crippen molar-refractivity contribution in [2.45, 2.75) is 12.5 Å². The van der Waals surface area contributed by atoms with Crippen LogP contribution in [-0.4, -0.2) is 45.4 Å². The maximum Gasteiger partial charge on any atom is 0.227 e. The molecular weight excluding hydrogens is 302 g/mol. The molecule has 0 saturated carbocycles. The minimum Gasteiger partial charge on any atom is -0.346 e. The molecule has 0 spiro atoms. The molecule has 1 fully saturated rings. The second kappa shape index (κ2) is 6.41. The largest absolute Gasteiger partial charge is 0.346 e. The molecule has 4 rings (SSSR count). The van der Waals surface area contributed by atoms with E-state index in [-0.39, 0.29) is 11.9 Å². The fourth-order valence-electron chi connectivity index (χ4n) is 3.30. The van der Waals surface area contributed by atoms with Gasteiger partial charge in [-0.25, -0.2) is 4.98 Å². The van der Waals surface area contributed by atoms with Crippen LogP contribution < -0.4 is 5.32 Å². The molecule has 2 N–H and O–H groups in total.